The fourth-order valence-electron chi connectivity index (χ4n) is 2.16. The first kappa shape index (κ1) is 16.8. The smallest absolute Gasteiger partial charge is 0.123 e. The Morgan fingerprint density at radius 2 is 1.80 bits per heavy atom. The maximum Gasteiger partial charge on any atom is 0.123 e. The largest absolute Gasteiger partial charge is 0.497 e. The molecule has 0 aliphatic rings. The van der Waals surface area contributed by atoms with Crippen LogP contribution in [0.4, 0.5) is 0 Å². The van der Waals surface area contributed by atoms with Gasteiger partial charge >= 0.3 is 0 Å². The van der Waals surface area contributed by atoms with Crippen molar-refractivity contribution in [2.24, 2.45) is 5.73 Å². The van der Waals surface area contributed by atoms with Crippen LogP contribution >= 0.6 is 0 Å². The summed E-state index contributed by atoms with van der Waals surface area (Å²) in [5, 5.41) is 0. The highest BCUT2D eigenvalue weighted by Gasteiger charge is 2.20. The molecule has 0 radical (unpaired) electrons. The van der Waals surface area contributed by atoms with Crippen LogP contribution in [0.5, 0.6) is 11.5 Å². The minimum atomic E-state index is 0.111. The van der Waals surface area contributed by atoms with Crippen molar-refractivity contribution >= 4 is 0 Å². The normalized spacial score (nSPS) is 12.8. The van der Waals surface area contributed by atoms with E-state index in [9.17, 15) is 0 Å². The van der Waals surface area contributed by atoms with Crippen molar-refractivity contribution < 1.29 is 9.47 Å². The molecule has 1 atom stereocenters. The van der Waals surface area contributed by atoms with Crippen LogP contribution in [0.2, 0.25) is 0 Å². The molecular formula is C15H27N3O2. The first-order chi connectivity index (χ1) is 9.53. The second-order valence-electron chi connectivity index (χ2n) is 5.14. The van der Waals surface area contributed by atoms with Gasteiger partial charge in [-0.25, -0.2) is 0 Å². The van der Waals surface area contributed by atoms with Crippen molar-refractivity contribution in [3.05, 3.63) is 23.8 Å². The zero-order valence-electron chi connectivity index (χ0n) is 13.2. The number of hydrogen-bond donors (Lipinski definition) is 1. The van der Waals surface area contributed by atoms with Crippen LogP contribution in [0.3, 0.4) is 0 Å². The molecule has 114 valence electrons. The lowest BCUT2D eigenvalue weighted by atomic mass is 10.0. The van der Waals surface area contributed by atoms with Crippen molar-refractivity contribution in [2.75, 3.05) is 55.0 Å². The Kier molecular flexibility index (Phi) is 6.78. The number of ether oxygens (including phenoxy) is 2. The lowest BCUT2D eigenvalue weighted by Crippen LogP contribution is -2.35. The topological polar surface area (TPSA) is 51.0 Å². The predicted molar refractivity (Wildman–Crippen MR) is 82.5 cm³/mol. The van der Waals surface area contributed by atoms with E-state index in [0.29, 0.717) is 6.54 Å². The summed E-state index contributed by atoms with van der Waals surface area (Å²) in [6.45, 7) is 2.46. The summed E-state index contributed by atoms with van der Waals surface area (Å²) in [6.07, 6.45) is 0. The SMILES string of the molecule is COc1ccc(OC)c(C(CN)N(C)CCN(C)C)c1. The van der Waals surface area contributed by atoms with Gasteiger partial charge in [0.25, 0.3) is 0 Å². The number of rotatable bonds is 8. The third-order valence-electron chi connectivity index (χ3n) is 3.45. The first-order valence-corrected chi connectivity index (χ1v) is 6.80. The molecular weight excluding hydrogens is 254 g/mol. The summed E-state index contributed by atoms with van der Waals surface area (Å²) in [4.78, 5) is 4.41. The maximum absolute atomic E-state index is 5.98. The molecule has 0 aliphatic carbocycles. The van der Waals surface area contributed by atoms with E-state index in [0.717, 1.165) is 30.2 Å². The summed E-state index contributed by atoms with van der Waals surface area (Å²) in [6, 6.07) is 5.94. The number of likely N-dealkylation sites (N-methyl/N-ethyl adjacent to an activating group) is 2. The molecule has 0 fully saturated rings. The molecule has 0 saturated heterocycles. The van der Waals surface area contributed by atoms with Crippen molar-refractivity contribution in [1.82, 2.24) is 9.80 Å². The summed E-state index contributed by atoms with van der Waals surface area (Å²) in [5.41, 5.74) is 7.04. The van der Waals surface area contributed by atoms with Gasteiger partial charge in [-0.05, 0) is 39.3 Å². The maximum atomic E-state index is 5.98. The third kappa shape index (κ3) is 4.37. The molecule has 0 aliphatic heterocycles. The van der Waals surface area contributed by atoms with Crippen molar-refractivity contribution in [2.45, 2.75) is 6.04 Å². The quantitative estimate of drug-likeness (QED) is 0.776. The molecule has 1 aromatic carbocycles. The lowest BCUT2D eigenvalue weighted by molar-refractivity contribution is 0.218. The van der Waals surface area contributed by atoms with Gasteiger partial charge in [0.05, 0.1) is 20.3 Å². The predicted octanol–water partition coefficient (Wildman–Crippen LogP) is 1.20. The van der Waals surface area contributed by atoms with Crippen molar-refractivity contribution in [3.8, 4) is 11.5 Å². The fraction of sp³-hybridized carbons (Fsp3) is 0.600. The van der Waals surface area contributed by atoms with Gasteiger partial charge in [0, 0.05) is 25.2 Å². The Bertz CT molecular complexity index is 410. The van der Waals surface area contributed by atoms with Gasteiger partial charge in [-0.3, -0.25) is 4.90 Å². The van der Waals surface area contributed by atoms with Gasteiger partial charge in [-0.1, -0.05) is 0 Å². The molecule has 1 rings (SSSR count). The molecule has 5 nitrogen and oxygen atoms in total. The van der Waals surface area contributed by atoms with Crippen LogP contribution in [0.1, 0.15) is 11.6 Å². The third-order valence-corrected chi connectivity index (χ3v) is 3.45. The highest BCUT2D eigenvalue weighted by molar-refractivity contribution is 5.42. The Balaban J connectivity index is 2.97. The van der Waals surface area contributed by atoms with Gasteiger partial charge in [-0.15, -0.1) is 0 Å². The number of methoxy groups -OCH3 is 2. The molecule has 20 heavy (non-hydrogen) atoms. The van der Waals surface area contributed by atoms with Crippen molar-refractivity contribution in [1.29, 1.82) is 0 Å². The van der Waals surface area contributed by atoms with Gasteiger partial charge in [-0.2, -0.15) is 0 Å². The highest BCUT2D eigenvalue weighted by Crippen LogP contribution is 2.31. The number of benzene rings is 1. The Morgan fingerprint density at radius 3 is 2.30 bits per heavy atom. The van der Waals surface area contributed by atoms with Crippen LogP contribution in [-0.4, -0.2) is 64.8 Å². The zero-order chi connectivity index (χ0) is 15.1. The average Bonchev–Trinajstić information content (AvgIpc) is 2.45. The molecule has 1 unspecified atom stereocenters. The van der Waals surface area contributed by atoms with E-state index in [4.69, 9.17) is 15.2 Å². The van der Waals surface area contributed by atoms with Gasteiger partial charge in [0.15, 0.2) is 0 Å². The van der Waals surface area contributed by atoms with Crippen LogP contribution < -0.4 is 15.2 Å². The van der Waals surface area contributed by atoms with Gasteiger partial charge < -0.3 is 20.1 Å². The Hall–Kier alpha value is -1.30. The van der Waals surface area contributed by atoms with E-state index in [2.05, 4.69) is 30.9 Å². The number of nitrogens with zero attached hydrogens (tertiary/aromatic N) is 2. The van der Waals surface area contributed by atoms with E-state index >= 15 is 0 Å². The zero-order valence-corrected chi connectivity index (χ0v) is 13.2. The molecule has 2 N–H and O–H groups in total. The molecule has 0 bridgehead atoms. The molecule has 0 heterocycles. The van der Waals surface area contributed by atoms with Gasteiger partial charge in [0.2, 0.25) is 0 Å². The van der Waals surface area contributed by atoms with Crippen LogP contribution in [0.15, 0.2) is 18.2 Å². The monoisotopic (exact) mass is 281 g/mol. The number of nitrogens with two attached hydrogens (primary N) is 1. The summed E-state index contributed by atoms with van der Waals surface area (Å²) in [7, 11) is 9.56. The van der Waals surface area contributed by atoms with Crippen LogP contribution in [-0.2, 0) is 0 Å². The van der Waals surface area contributed by atoms with E-state index in [1.54, 1.807) is 14.2 Å². The van der Waals surface area contributed by atoms with E-state index in [1.165, 1.54) is 0 Å². The standard InChI is InChI=1S/C15H27N3O2/c1-17(2)8-9-18(3)14(11-16)13-10-12(19-4)6-7-15(13)20-5/h6-7,10,14H,8-9,11,16H2,1-5H3. The molecule has 0 saturated carbocycles. The van der Waals surface area contributed by atoms with E-state index in [-0.39, 0.29) is 6.04 Å². The van der Waals surface area contributed by atoms with Crippen molar-refractivity contribution in [3.63, 3.8) is 0 Å². The molecule has 1 aromatic rings. The summed E-state index contributed by atoms with van der Waals surface area (Å²) < 4.78 is 10.8. The Morgan fingerprint density at radius 1 is 1.10 bits per heavy atom. The summed E-state index contributed by atoms with van der Waals surface area (Å²) in [5.74, 6) is 1.67. The fourth-order valence-corrected chi connectivity index (χ4v) is 2.16. The average molecular weight is 281 g/mol. The van der Waals surface area contributed by atoms with Gasteiger partial charge in [0.1, 0.15) is 11.5 Å². The molecule has 0 aromatic heterocycles. The second-order valence-corrected chi connectivity index (χ2v) is 5.14. The van der Waals surface area contributed by atoms with E-state index in [1.807, 2.05) is 18.2 Å². The first-order valence-electron chi connectivity index (χ1n) is 6.80. The van der Waals surface area contributed by atoms with Crippen LogP contribution in [0, 0.1) is 0 Å². The minimum Gasteiger partial charge on any atom is -0.497 e. The lowest BCUT2D eigenvalue weighted by Gasteiger charge is -2.29. The second kappa shape index (κ2) is 8.09. The molecule has 0 spiro atoms. The molecule has 0 amide bonds. The Labute approximate surface area is 122 Å². The molecule has 5 heteroatoms. The minimum absolute atomic E-state index is 0.111. The van der Waals surface area contributed by atoms with E-state index < -0.39 is 0 Å². The highest BCUT2D eigenvalue weighted by atomic mass is 16.5. The van der Waals surface area contributed by atoms with Crippen LogP contribution in [0.25, 0.3) is 0 Å². The number of hydrogen-bond acceptors (Lipinski definition) is 5. The summed E-state index contributed by atoms with van der Waals surface area (Å²) >= 11 is 0.